The molecule has 1 heterocycles. The van der Waals surface area contributed by atoms with Crippen LogP contribution in [-0.2, 0) is 10.2 Å². The molecule has 7 heteroatoms. The van der Waals surface area contributed by atoms with Crippen LogP contribution in [0.5, 0.6) is 0 Å². The van der Waals surface area contributed by atoms with Gasteiger partial charge in [0, 0.05) is 25.7 Å². The highest BCUT2D eigenvalue weighted by molar-refractivity contribution is 7.87. The Hall–Kier alpha value is 0.120. The number of halogens is 1. The van der Waals surface area contributed by atoms with Crippen molar-refractivity contribution in [3.05, 3.63) is 0 Å². The second kappa shape index (κ2) is 6.76. The van der Waals surface area contributed by atoms with Crippen molar-refractivity contribution in [1.82, 2.24) is 9.03 Å². The monoisotopic (exact) mass is 271 g/mol. The fraction of sp³-hybridized carbons (Fsp3) is 1.00. The first-order chi connectivity index (χ1) is 6.97. The van der Waals surface area contributed by atoms with Gasteiger partial charge in [0.05, 0.1) is 0 Å². The minimum Gasteiger partial charge on any atom is -0.327 e. The van der Waals surface area contributed by atoms with Gasteiger partial charge in [-0.3, -0.25) is 0 Å². The zero-order valence-electron chi connectivity index (χ0n) is 9.85. The molecule has 1 rings (SSSR count). The minimum absolute atomic E-state index is 0. The lowest BCUT2D eigenvalue weighted by molar-refractivity contribution is 0.248. The molecule has 0 bridgehead atoms. The summed E-state index contributed by atoms with van der Waals surface area (Å²) in [6.45, 7) is 5.49. The van der Waals surface area contributed by atoms with Crippen molar-refractivity contribution in [2.75, 3.05) is 19.6 Å². The number of nitrogens with two attached hydrogens (primary N) is 1. The average Bonchev–Trinajstić information content (AvgIpc) is 2.19. The van der Waals surface area contributed by atoms with Gasteiger partial charge in [0.15, 0.2) is 0 Å². The summed E-state index contributed by atoms with van der Waals surface area (Å²) in [5.41, 5.74) is 5.84. The molecule has 0 spiro atoms. The van der Waals surface area contributed by atoms with Crippen molar-refractivity contribution in [3.8, 4) is 0 Å². The number of nitrogens with zero attached hydrogens (tertiary/aromatic N) is 1. The zero-order valence-corrected chi connectivity index (χ0v) is 11.5. The van der Waals surface area contributed by atoms with Crippen LogP contribution in [0.3, 0.4) is 0 Å². The highest BCUT2D eigenvalue weighted by atomic mass is 35.5. The quantitative estimate of drug-likeness (QED) is 0.773. The molecule has 5 nitrogen and oxygen atoms in total. The second-order valence-corrected chi connectivity index (χ2v) is 5.94. The summed E-state index contributed by atoms with van der Waals surface area (Å²) in [5.74, 6) is 0.233. The highest BCUT2D eigenvalue weighted by Gasteiger charge is 2.30. The van der Waals surface area contributed by atoms with Crippen LogP contribution < -0.4 is 10.5 Å². The summed E-state index contributed by atoms with van der Waals surface area (Å²) in [6, 6.07) is 0.127. The van der Waals surface area contributed by atoms with Gasteiger partial charge < -0.3 is 5.73 Å². The summed E-state index contributed by atoms with van der Waals surface area (Å²) in [5, 5.41) is 0. The van der Waals surface area contributed by atoms with E-state index < -0.39 is 10.2 Å². The Morgan fingerprint density at radius 3 is 2.62 bits per heavy atom. The van der Waals surface area contributed by atoms with E-state index in [2.05, 4.69) is 4.72 Å². The molecule has 98 valence electrons. The number of nitrogens with one attached hydrogen (secondary N) is 1. The van der Waals surface area contributed by atoms with Crippen LogP contribution >= 0.6 is 12.4 Å². The molecule has 16 heavy (non-hydrogen) atoms. The van der Waals surface area contributed by atoms with Crippen LogP contribution in [0.15, 0.2) is 0 Å². The van der Waals surface area contributed by atoms with Crippen molar-refractivity contribution >= 4 is 22.6 Å². The summed E-state index contributed by atoms with van der Waals surface area (Å²) in [4.78, 5) is 0. The SMILES string of the molecule is CCCNS(=O)(=O)N1CCC(N)C(C)C1.Cl. The maximum Gasteiger partial charge on any atom is 0.279 e. The van der Waals surface area contributed by atoms with E-state index in [0.29, 0.717) is 19.6 Å². The molecule has 0 aromatic rings. The molecule has 0 aliphatic carbocycles. The Kier molecular flexibility index (Phi) is 6.81. The van der Waals surface area contributed by atoms with Crippen molar-refractivity contribution in [2.45, 2.75) is 32.7 Å². The molecule has 2 atom stereocenters. The maximum atomic E-state index is 11.8. The number of piperidine rings is 1. The molecule has 1 aliphatic rings. The van der Waals surface area contributed by atoms with E-state index in [-0.39, 0.29) is 24.4 Å². The van der Waals surface area contributed by atoms with Crippen LogP contribution in [0, 0.1) is 5.92 Å². The standard InChI is InChI=1S/C9H21N3O2S.ClH/c1-3-5-11-15(13,14)12-6-4-9(10)8(2)7-12;/h8-9,11H,3-7,10H2,1-2H3;1H. The summed E-state index contributed by atoms with van der Waals surface area (Å²) in [6.07, 6.45) is 1.55. The smallest absolute Gasteiger partial charge is 0.279 e. The molecule has 0 radical (unpaired) electrons. The molecule has 0 aromatic heterocycles. The molecule has 1 fully saturated rings. The average molecular weight is 272 g/mol. The Bertz CT molecular complexity index is 297. The molecule has 1 saturated heterocycles. The normalized spacial score (nSPS) is 27.4. The van der Waals surface area contributed by atoms with E-state index in [1.807, 2.05) is 13.8 Å². The van der Waals surface area contributed by atoms with Gasteiger partial charge in [0.1, 0.15) is 0 Å². The third-order valence-electron chi connectivity index (χ3n) is 2.81. The first kappa shape index (κ1) is 16.1. The fourth-order valence-electron chi connectivity index (χ4n) is 1.67. The summed E-state index contributed by atoms with van der Waals surface area (Å²) < 4.78 is 27.6. The fourth-order valence-corrected chi connectivity index (χ4v) is 3.09. The predicted molar refractivity (Wildman–Crippen MR) is 67.8 cm³/mol. The van der Waals surface area contributed by atoms with E-state index in [4.69, 9.17) is 5.73 Å². The van der Waals surface area contributed by atoms with E-state index >= 15 is 0 Å². The third-order valence-corrected chi connectivity index (χ3v) is 4.39. The Morgan fingerprint density at radius 1 is 1.50 bits per heavy atom. The third kappa shape index (κ3) is 4.18. The number of hydrogen-bond acceptors (Lipinski definition) is 3. The van der Waals surface area contributed by atoms with Crippen LogP contribution in [0.2, 0.25) is 0 Å². The number of rotatable bonds is 4. The topological polar surface area (TPSA) is 75.4 Å². The maximum absolute atomic E-state index is 11.8. The van der Waals surface area contributed by atoms with Crippen molar-refractivity contribution < 1.29 is 8.42 Å². The van der Waals surface area contributed by atoms with Gasteiger partial charge in [0.2, 0.25) is 0 Å². The second-order valence-electron chi connectivity index (χ2n) is 4.19. The van der Waals surface area contributed by atoms with E-state index in [0.717, 1.165) is 12.8 Å². The Balaban J connectivity index is 0.00000225. The van der Waals surface area contributed by atoms with Crippen LogP contribution in [0.25, 0.3) is 0 Å². The van der Waals surface area contributed by atoms with Gasteiger partial charge in [-0.2, -0.15) is 12.7 Å². The molecule has 2 unspecified atom stereocenters. The van der Waals surface area contributed by atoms with Crippen molar-refractivity contribution in [3.63, 3.8) is 0 Å². The summed E-state index contributed by atoms with van der Waals surface area (Å²) in [7, 11) is -3.27. The lowest BCUT2D eigenvalue weighted by atomic mass is 9.96. The van der Waals surface area contributed by atoms with Gasteiger partial charge in [-0.15, -0.1) is 12.4 Å². The van der Waals surface area contributed by atoms with Gasteiger partial charge >= 0.3 is 0 Å². The van der Waals surface area contributed by atoms with Gasteiger partial charge in [-0.05, 0) is 18.8 Å². The minimum atomic E-state index is -3.27. The van der Waals surface area contributed by atoms with E-state index in [1.165, 1.54) is 4.31 Å². The van der Waals surface area contributed by atoms with Crippen molar-refractivity contribution in [1.29, 1.82) is 0 Å². The van der Waals surface area contributed by atoms with Crippen LogP contribution in [-0.4, -0.2) is 38.4 Å². The lowest BCUT2D eigenvalue weighted by Crippen LogP contribution is -2.51. The first-order valence-corrected chi connectivity index (χ1v) is 6.91. The largest absolute Gasteiger partial charge is 0.327 e. The van der Waals surface area contributed by atoms with Gasteiger partial charge in [0.25, 0.3) is 10.2 Å². The highest BCUT2D eigenvalue weighted by Crippen LogP contribution is 2.16. The Labute approximate surface area is 104 Å². The van der Waals surface area contributed by atoms with Crippen LogP contribution in [0.4, 0.5) is 0 Å². The molecule has 1 aliphatic heterocycles. The lowest BCUT2D eigenvalue weighted by Gasteiger charge is -2.34. The Morgan fingerprint density at radius 2 is 2.12 bits per heavy atom. The number of hydrogen-bond donors (Lipinski definition) is 2. The van der Waals surface area contributed by atoms with Crippen LogP contribution in [0.1, 0.15) is 26.7 Å². The summed E-state index contributed by atoms with van der Waals surface area (Å²) >= 11 is 0. The van der Waals surface area contributed by atoms with Gasteiger partial charge in [-0.1, -0.05) is 13.8 Å². The predicted octanol–water partition coefficient (Wildman–Crippen LogP) is 0.322. The zero-order chi connectivity index (χ0) is 11.5. The van der Waals surface area contributed by atoms with Gasteiger partial charge in [-0.25, -0.2) is 4.72 Å². The molecular weight excluding hydrogens is 250 g/mol. The molecule has 0 amide bonds. The van der Waals surface area contributed by atoms with E-state index in [9.17, 15) is 8.42 Å². The molecular formula is C9H22ClN3O2S. The first-order valence-electron chi connectivity index (χ1n) is 5.47. The molecule has 3 N–H and O–H groups in total. The van der Waals surface area contributed by atoms with Crippen molar-refractivity contribution in [2.24, 2.45) is 11.7 Å². The molecule has 0 aromatic carbocycles. The van der Waals surface area contributed by atoms with E-state index in [1.54, 1.807) is 0 Å². The molecule has 0 saturated carbocycles.